The molecule has 0 amide bonds. The van der Waals surface area contributed by atoms with E-state index in [1.165, 1.54) is 0 Å². The van der Waals surface area contributed by atoms with Gasteiger partial charge in [-0.15, -0.1) is 0 Å². The molecule has 2 aliphatic heterocycles. The fourth-order valence-electron chi connectivity index (χ4n) is 2.29. The van der Waals surface area contributed by atoms with Gasteiger partial charge in [0.05, 0.1) is 25.4 Å². The van der Waals surface area contributed by atoms with Crippen molar-refractivity contribution in [1.29, 1.82) is 0 Å². The Labute approximate surface area is 74.2 Å². The Morgan fingerprint density at radius 2 is 1.75 bits per heavy atom. The van der Waals surface area contributed by atoms with Gasteiger partial charge < -0.3 is 9.47 Å². The molecule has 2 aliphatic rings. The van der Waals surface area contributed by atoms with Crippen molar-refractivity contribution in [3.8, 4) is 0 Å². The molecule has 0 bridgehead atoms. The quantitative estimate of drug-likeness (QED) is 0.596. The van der Waals surface area contributed by atoms with Crippen molar-refractivity contribution in [3.63, 3.8) is 0 Å². The van der Waals surface area contributed by atoms with Gasteiger partial charge in [-0.2, -0.15) is 0 Å². The maximum absolute atomic E-state index is 5.74. The van der Waals surface area contributed by atoms with E-state index in [2.05, 4.69) is 20.8 Å². The Morgan fingerprint density at radius 1 is 1.08 bits per heavy atom. The summed E-state index contributed by atoms with van der Waals surface area (Å²) in [6.07, 6.45) is 0.775. The second-order valence-corrected chi connectivity index (χ2v) is 4.48. The van der Waals surface area contributed by atoms with Gasteiger partial charge in [-0.1, -0.05) is 20.8 Å². The fraction of sp³-hybridized carbons (Fsp3) is 1.00. The first kappa shape index (κ1) is 8.52. The minimum absolute atomic E-state index is 0.386. The van der Waals surface area contributed by atoms with Crippen molar-refractivity contribution in [2.75, 3.05) is 13.2 Å². The first-order valence-electron chi connectivity index (χ1n) is 4.93. The smallest absolute Gasteiger partial charge is 0.0892 e. The van der Waals surface area contributed by atoms with Crippen LogP contribution in [0.1, 0.15) is 20.8 Å². The molecule has 4 atom stereocenters. The lowest BCUT2D eigenvalue weighted by Crippen LogP contribution is -2.27. The molecule has 0 N–H and O–H groups in total. The van der Waals surface area contributed by atoms with E-state index in [9.17, 15) is 0 Å². The molecule has 0 aromatic carbocycles. The van der Waals surface area contributed by atoms with Gasteiger partial charge in [-0.05, 0) is 5.92 Å². The molecule has 2 saturated heterocycles. The van der Waals surface area contributed by atoms with Gasteiger partial charge in [-0.3, -0.25) is 0 Å². The Kier molecular flexibility index (Phi) is 2.13. The fourth-order valence-corrected chi connectivity index (χ4v) is 2.29. The normalized spacial score (nSPS) is 47.0. The summed E-state index contributed by atoms with van der Waals surface area (Å²) in [5, 5.41) is 0. The molecule has 12 heavy (non-hydrogen) atoms. The van der Waals surface area contributed by atoms with E-state index >= 15 is 0 Å². The third-order valence-corrected chi connectivity index (χ3v) is 3.20. The van der Waals surface area contributed by atoms with Crippen LogP contribution in [0.25, 0.3) is 0 Å². The van der Waals surface area contributed by atoms with Gasteiger partial charge in [0.1, 0.15) is 0 Å². The highest BCUT2D eigenvalue weighted by molar-refractivity contribution is 4.93. The zero-order chi connectivity index (χ0) is 8.72. The van der Waals surface area contributed by atoms with E-state index in [1.807, 2.05) is 0 Å². The zero-order valence-corrected chi connectivity index (χ0v) is 8.12. The molecule has 0 saturated carbocycles. The summed E-state index contributed by atoms with van der Waals surface area (Å²) in [6.45, 7) is 8.51. The lowest BCUT2D eigenvalue weighted by Gasteiger charge is -2.19. The first-order chi connectivity index (χ1) is 5.70. The van der Waals surface area contributed by atoms with E-state index in [-0.39, 0.29) is 0 Å². The van der Waals surface area contributed by atoms with Crippen molar-refractivity contribution in [2.24, 2.45) is 17.8 Å². The van der Waals surface area contributed by atoms with Crippen LogP contribution in [0.15, 0.2) is 0 Å². The van der Waals surface area contributed by atoms with Crippen LogP contribution in [-0.2, 0) is 9.47 Å². The molecular weight excluding hydrogens is 152 g/mol. The van der Waals surface area contributed by atoms with Crippen LogP contribution in [-0.4, -0.2) is 25.4 Å². The highest BCUT2D eigenvalue weighted by Crippen LogP contribution is 2.37. The van der Waals surface area contributed by atoms with Crippen LogP contribution in [0, 0.1) is 17.8 Å². The highest BCUT2D eigenvalue weighted by atomic mass is 16.6. The summed E-state index contributed by atoms with van der Waals surface area (Å²) in [6, 6.07) is 0. The zero-order valence-electron chi connectivity index (χ0n) is 8.12. The maximum Gasteiger partial charge on any atom is 0.0892 e. The molecule has 0 spiro atoms. The lowest BCUT2D eigenvalue weighted by molar-refractivity contribution is 0.0549. The average Bonchev–Trinajstić information content (AvgIpc) is 2.53. The van der Waals surface area contributed by atoms with Crippen LogP contribution in [0.5, 0.6) is 0 Å². The van der Waals surface area contributed by atoms with Crippen molar-refractivity contribution >= 4 is 0 Å². The molecule has 0 aromatic heterocycles. The third kappa shape index (κ3) is 1.17. The lowest BCUT2D eigenvalue weighted by atomic mass is 9.89. The number of fused-ring (bicyclic) bond motifs is 1. The minimum Gasteiger partial charge on any atom is -0.375 e. The number of hydrogen-bond donors (Lipinski definition) is 0. The van der Waals surface area contributed by atoms with Crippen LogP contribution >= 0.6 is 0 Å². The SMILES string of the molecule is CC(C)C1COC2C(C)COC12. The molecule has 0 aromatic rings. The van der Waals surface area contributed by atoms with Gasteiger partial charge in [-0.25, -0.2) is 0 Å². The first-order valence-corrected chi connectivity index (χ1v) is 4.93. The summed E-state index contributed by atoms with van der Waals surface area (Å²) in [4.78, 5) is 0. The van der Waals surface area contributed by atoms with Gasteiger partial charge >= 0.3 is 0 Å². The third-order valence-electron chi connectivity index (χ3n) is 3.20. The monoisotopic (exact) mass is 170 g/mol. The average molecular weight is 170 g/mol. The largest absolute Gasteiger partial charge is 0.375 e. The molecule has 2 rings (SSSR count). The van der Waals surface area contributed by atoms with Crippen LogP contribution in [0.3, 0.4) is 0 Å². The van der Waals surface area contributed by atoms with Crippen LogP contribution in [0.4, 0.5) is 0 Å². The number of hydrogen-bond acceptors (Lipinski definition) is 2. The number of rotatable bonds is 1. The summed E-state index contributed by atoms with van der Waals surface area (Å²) in [5.41, 5.74) is 0. The Hall–Kier alpha value is -0.0800. The minimum atomic E-state index is 0.386. The van der Waals surface area contributed by atoms with Gasteiger partial charge in [0, 0.05) is 11.8 Å². The van der Waals surface area contributed by atoms with E-state index in [0.717, 1.165) is 13.2 Å². The predicted molar refractivity (Wildman–Crippen MR) is 47.0 cm³/mol. The van der Waals surface area contributed by atoms with E-state index in [1.54, 1.807) is 0 Å². The molecule has 2 heteroatoms. The molecule has 2 heterocycles. The van der Waals surface area contributed by atoms with Gasteiger partial charge in [0.15, 0.2) is 0 Å². The molecule has 70 valence electrons. The Balaban J connectivity index is 2.05. The van der Waals surface area contributed by atoms with Crippen molar-refractivity contribution in [3.05, 3.63) is 0 Å². The molecule has 4 unspecified atom stereocenters. The van der Waals surface area contributed by atoms with E-state index in [0.29, 0.717) is 30.0 Å². The van der Waals surface area contributed by atoms with Gasteiger partial charge in [0.2, 0.25) is 0 Å². The van der Waals surface area contributed by atoms with Crippen molar-refractivity contribution in [1.82, 2.24) is 0 Å². The number of ether oxygens (including phenoxy) is 2. The second kappa shape index (κ2) is 3.00. The van der Waals surface area contributed by atoms with E-state index < -0.39 is 0 Å². The predicted octanol–water partition coefficient (Wildman–Crippen LogP) is 1.69. The van der Waals surface area contributed by atoms with Crippen LogP contribution in [0.2, 0.25) is 0 Å². The Bertz CT molecular complexity index is 167. The molecule has 0 radical (unpaired) electrons. The maximum atomic E-state index is 5.74. The topological polar surface area (TPSA) is 18.5 Å². The Morgan fingerprint density at radius 3 is 2.42 bits per heavy atom. The van der Waals surface area contributed by atoms with E-state index in [4.69, 9.17) is 9.47 Å². The summed E-state index contributed by atoms with van der Waals surface area (Å²) >= 11 is 0. The standard InChI is InChI=1S/C10H18O2/c1-6(2)8-5-12-9-7(3)4-11-10(8)9/h6-10H,4-5H2,1-3H3. The van der Waals surface area contributed by atoms with Crippen molar-refractivity contribution in [2.45, 2.75) is 33.0 Å². The molecule has 0 aliphatic carbocycles. The van der Waals surface area contributed by atoms with Crippen molar-refractivity contribution < 1.29 is 9.47 Å². The molecule has 2 nitrogen and oxygen atoms in total. The summed E-state index contributed by atoms with van der Waals surface area (Å²) in [5.74, 6) is 1.91. The summed E-state index contributed by atoms with van der Waals surface area (Å²) < 4.78 is 11.5. The second-order valence-electron chi connectivity index (χ2n) is 4.48. The highest BCUT2D eigenvalue weighted by Gasteiger charge is 2.46. The van der Waals surface area contributed by atoms with Crippen LogP contribution < -0.4 is 0 Å². The molecule has 2 fully saturated rings. The molecular formula is C10H18O2. The summed E-state index contributed by atoms with van der Waals surface area (Å²) in [7, 11) is 0. The van der Waals surface area contributed by atoms with Gasteiger partial charge in [0.25, 0.3) is 0 Å².